The summed E-state index contributed by atoms with van der Waals surface area (Å²) in [7, 11) is 0. The van der Waals surface area contributed by atoms with Crippen LogP contribution < -0.4 is 11.5 Å². The van der Waals surface area contributed by atoms with Crippen LogP contribution in [0.4, 0.5) is 0 Å². The highest BCUT2D eigenvalue weighted by atomic mass is 79.9. The summed E-state index contributed by atoms with van der Waals surface area (Å²) in [6.07, 6.45) is 22.6. The van der Waals surface area contributed by atoms with Crippen LogP contribution >= 0.6 is 34.0 Å². The van der Waals surface area contributed by atoms with E-state index in [9.17, 15) is 0 Å². The summed E-state index contributed by atoms with van der Waals surface area (Å²) < 4.78 is 0. The van der Waals surface area contributed by atoms with Crippen molar-refractivity contribution < 1.29 is 0 Å². The fourth-order valence-corrected chi connectivity index (χ4v) is 6.26. The van der Waals surface area contributed by atoms with Crippen LogP contribution in [0.15, 0.2) is 0 Å². The molecular weight excluding hydrogens is 524 g/mol. The van der Waals surface area contributed by atoms with Crippen LogP contribution in [0.3, 0.4) is 0 Å². The molecule has 32 heavy (non-hydrogen) atoms. The third kappa shape index (κ3) is 10.2. The minimum Gasteiger partial charge on any atom is -0.330 e. The van der Waals surface area contributed by atoms with Gasteiger partial charge in [-0.05, 0) is 55.9 Å². The van der Waals surface area contributed by atoms with Crippen LogP contribution in [0.1, 0.15) is 157 Å². The molecular formula is C28H62Br2N2. The molecule has 4 heteroatoms. The van der Waals surface area contributed by atoms with Crippen LogP contribution in [0.5, 0.6) is 0 Å². The third-order valence-electron chi connectivity index (χ3n) is 8.24. The lowest BCUT2D eigenvalue weighted by molar-refractivity contribution is -0.0779. The number of halogens is 2. The molecule has 0 heterocycles. The maximum Gasteiger partial charge on any atom is 0.0217 e. The molecule has 0 saturated heterocycles. The van der Waals surface area contributed by atoms with E-state index in [1.807, 2.05) is 0 Å². The van der Waals surface area contributed by atoms with Crippen molar-refractivity contribution in [2.45, 2.75) is 163 Å². The average Bonchev–Trinajstić information content (AvgIpc) is 2.77. The molecule has 0 unspecified atom stereocenters. The molecule has 0 aliphatic rings. The quantitative estimate of drug-likeness (QED) is 0.141. The van der Waals surface area contributed by atoms with Crippen LogP contribution in [-0.4, -0.2) is 12.1 Å². The van der Waals surface area contributed by atoms with E-state index in [1.54, 1.807) is 0 Å². The Labute approximate surface area is 224 Å². The summed E-state index contributed by atoms with van der Waals surface area (Å²) in [5, 5.41) is 0. The van der Waals surface area contributed by atoms with Gasteiger partial charge in [-0.25, -0.2) is 0 Å². The zero-order valence-corrected chi connectivity index (χ0v) is 26.3. The van der Waals surface area contributed by atoms with E-state index >= 15 is 0 Å². The van der Waals surface area contributed by atoms with Gasteiger partial charge in [0.15, 0.2) is 0 Å². The standard InChI is InChI=1S/C28H60N2.2BrH/c1-7-13-19-26(25-29,20-14-8-2)27(21-15-9-3,22-16-10-4)28(30,23-17-11-5)24-18-12-6;;/h7-25,29-30H2,1-6H3;2*1H. The highest BCUT2D eigenvalue weighted by Gasteiger charge is 2.57. The van der Waals surface area contributed by atoms with Crippen molar-refractivity contribution in [2.24, 2.45) is 22.3 Å². The molecule has 0 saturated carbocycles. The number of rotatable bonds is 21. The van der Waals surface area contributed by atoms with Gasteiger partial charge in [0.1, 0.15) is 0 Å². The maximum atomic E-state index is 7.68. The summed E-state index contributed by atoms with van der Waals surface area (Å²) in [4.78, 5) is 0. The zero-order chi connectivity index (χ0) is 22.9. The van der Waals surface area contributed by atoms with Gasteiger partial charge in [-0.2, -0.15) is 0 Å². The van der Waals surface area contributed by atoms with E-state index in [1.165, 1.54) is 116 Å². The number of nitrogens with two attached hydrogens (primary N) is 2. The Hall–Kier alpha value is 0.880. The molecule has 0 aromatic rings. The fraction of sp³-hybridized carbons (Fsp3) is 1.00. The van der Waals surface area contributed by atoms with Gasteiger partial charge in [-0.1, -0.05) is 119 Å². The molecule has 0 bridgehead atoms. The van der Waals surface area contributed by atoms with E-state index in [2.05, 4.69) is 41.5 Å². The summed E-state index contributed by atoms with van der Waals surface area (Å²) in [6, 6.07) is 0. The minimum absolute atomic E-state index is 0. The predicted molar refractivity (Wildman–Crippen MR) is 159 cm³/mol. The van der Waals surface area contributed by atoms with Crippen molar-refractivity contribution in [3.63, 3.8) is 0 Å². The Bertz CT molecular complexity index is 377. The summed E-state index contributed by atoms with van der Waals surface area (Å²) in [6.45, 7) is 14.8. The molecule has 0 atom stereocenters. The van der Waals surface area contributed by atoms with Crippen LogP contribution in [-0.2, 0) is 0 Å². The SMILES string of the molecule is Br.Br.CCCCC(N)(CCCC)C(CCCC)(CCCC)C(CN)(CCCC)CCCC. The zero-order valence-electron chi connectivity index (χ0n) is 22.9. The molecule has 0 aliphatic heterocycles. The second-order valence-electron chi connectivity index (χ2n) is 10.3. The van der Waals surface area contributed by atoms with Gasteiger partial charge < -0.3 is 11.5 Å². The van der Waals surface area contributed by atoms with Crippen molar-refractivity contribution in [3.05, 3.63) is 0 Å². The van der Waals surface area contributed by atoms with Crippen molar-refractivity contribution in [3.8, 4) is 0 Å². The molecule has 198 valence electrons. The van der Waals surface area contributed by atoms with Gasteiger partial charge in [0, 0.05) is 5.54 Å². The van der Waals surface area contributed by atoms with Gasteiger partial charge in [-0.15, -0.1) is 34.0 Å². The maximum absolute atomic E-state index is 7.68. The first-order chi connectivity index (χ1) is 14.4. The second-order valence-corrected chi connectivity index (χ2v) is 10.3. The first-order valence-corrected chi connectivity index (χ1v) is 13.9. The Morgan fingerprint density at radius 3 is 1.03 bits per heavy atom. The summed E-state index contributed by atoms with van der Waals surface area (Å²) in [5.41, 5.74) is 14.8. The smallest absolute Gasteiger partial charge is 0.0217 e. The Morgan fingerprint density at radius 1 is 0.469 bits per heavy atom. The van der Waals surface area contributed by atoms with E-state index < -0.39 is 0 Å². The highest BCUT2D eigenvalue weighted by Crippen LogP contribution is 2.60. The lowest BCUT2D eigenvalue weighted by atomic mass is 9.46. The summed E-state index contributed by atoms with van der Waals surface area (Å²) >= 11 is 0. The minimum atomic E-state index is -0.0792. The molecule has 0 fully saturated rings. The Kier molecular flexibility index (Phi) is 24.8. The first kappa shape index (κ1) is 37.4. The average molecular weight is 587 g/mol. The molecule has 0 radical (unpaired) electrons. The van der Waals surface area contributed by atoms with E-state index in [4.69, 9.17) is 11.5 Å². The van der Waals surface area contributed by atoms with E-state index in [-0.39, 0.29) is 50.3 Å². The monoisotopic (exact) mass is 584 g/mol. The Balaban J connectivity index is -0.00000420. The van der Waals surface area contributed by atoms with Gasteiger partial charge in [0.25, 0.3) is 0 Å². The fourth-order valence-electron chi connectivity index (χ4n) is 6.26. The number of hydrogen-bond donors (Lipinski definition) is 2. The molecule has 4 N–H and O–H groups in total. The van der Waals surface area contributed by atoms with E-state index in [0.29, 0.717) is 0 Å². The van der Waals surface area contributed by atoms with Crippen LogP contribution in [0.2, 0.25) is 0 Å². The molecule has 0 rings (SSSR count). The molecule has 0 aliphatic carbocycles. The lowest BCUT2D eigenvalue weighted by Gasteiger charge is -2.61. The highest BCUT2D eigenvalue weighted by molar-refractivity contribution is 8.93. The predicted octanol–water partition coefficient (Wildman–Crippen LogP) is 9.91. The molecule has 2 nitrogen and oxygen atoms in total. The number of hydrogen-bond acceptors (Lipinski definition) is 2. The van der Waals surface area contributed by atoms with Crippen LogP contribution in [0, 0.1) is 10.8 Å². The molecule has 0 amide bonds. The topological polar surface area (TPSA) is 52.0 Å². The van der Waals surface area contributed by atoms with Gasteiger partial charge in [0.05, 0.1) is 0 Å². The van der Waals surface area contributed by atoms with Crippen molar-refractivity contribution >= 4 is 34.0 Å². The normalized spacial score (nSPS) is 12.4. The third-order valence-corrected chi connectivity index (χ3v) is 8.24. The van der Waals surface area contributed by atoms with Gasteiger partial charge in [0.2, 0.25) is 0 Å². The van der Waals surface area contributed by atoms with Crippen molar-refractivity contribution in [1.29, 1.82) is 0 Å². The van der Waals surface area contributed by atoms with Gasteiger partial charge >= 0.3 is 0 Å². The first-order valence-electron chi connectivity index (χ1n) is 13.9. The molecule has 0 spiro atoms. The van der Waals surface area contributed by atoms with Crippen molar-refractivity contribution in [1.82, 2.24) is 0 Å². The summed E-state index contributed by atoms with van der Waals surface area (Å²) in [5.74, 6) is 0. The largest absolute Gasteiger partial charge is 0.330 e. The van der Waals surface area contributed by atoms with Crippen molar-refractivity contribution in [2.75, 3.05) is 6.54 Å². The van der Waals surface area contributed by atoms with E-state index in [0.717, 1.165) is 6.54 Å². The lowest BCUT2D eigenvalue weighted by Crippen LogP contribution is -2.65. The van der Waals surface area contributed by atoms with Gasteiger partial charge in [-0.3, -0.25) is 0 Å². The number of unbranched alkanes of at least 4 members (excludes halogenated alkanes) is 6. The molecule has 0 aromatic heterocycles. The second kappa shape index (κ2) is 21.2. The Morgan fingerprint density at radius 2 is 0.750 bits per heavy atom. The van der Waals surface area contributed by atoms with Crippen LogP contribution in [0.25, 0.3) is 0 Å². The molecule has 0 aromatic carbocycles.